The summed E-state index contributed by atoms with van der Waals surface area (Å²) in [7, 11) is -2.37. The van der Waals surface area contributed by atoms with Crippen molar-refractivity contribution in [2.45, 2.75) is 11.8 Å². The smallest absolute Gasteiger partial charge is 0.338 e. The number of sulfonamides is 1. The van der Waals surface area contributed by atoms with Crippen molar-refractivity contribution in [3.8, 4) is 0 Å². The normalized spacial score (nSPS) is 17.1. The molecule has 1 amide bonds. The lowest BCUT2D eigenvalue weighted by molar-refractivity contribution is -0.110. The fourth-order valence-corrected chi connectivity index (χ4v) is 6.55. The zero-order valence-corrected chi connectivity index (χ0v) is 23.7. The number of nitrogens with zero attached hydrogens (tertiary/aromatic N) is 2. The lowest BCUT2D eigenvalue weighted by Gasteiger charge is -2.33. The summed E-state index contributed by atoms with van der Waals surface area (Å²) in [6.45, 7) is 4.21. The number of fused-ring (bicyclic) bond motifs is 1. The van der Waals surface area contributed by atoms with Crippen molar-refractivity contribution in [3.05, 3.63) is 89.0 Å². The number of aryl methyl sites for hydroxylation is 1. The number of benzene rings is 3. The van der Waals surface area contributed by atoms with Gasteiger partial charge in [-0.1, -0.05) is 30.3 Å². The Hall–Kier alpha value is -4.03. The molecule has 5 rings (SSSR count). The minimum absolute atomic E-state index is 0.0454. The molecule has 11 heteroatoms. The quantitative estimate of drug-likeness (QED) is 0.276. The van der Waals surface area contributed by atoms with E-state index >= 15 is 0 Å². The van der Waals surface area contributed by atoms with Gasteiger partial charge in [0.25, 0.3) is 5.91 Å². The molecule has 41 heavy (non-hydrogen) atoms. The predicted octanol–water partition coefficient (Wildman–Crippen LogP) is 3.01. The molecule has 3 aromatic rings. The summed E-state index contributed by atoms with van der Waals surface area (Å²) in [4.78, 5) is 27.7. The number of carbonyl (C=O) groups is 2. The standard InChI is InChI=1S/C30H32N4O6S/c1-20-18-25-26(19-24(20)30(37)40-2)32-29(36)27(25)28(21-6-4-3-5-7-21)31-22-8-10-23(11-9-22)41(38,39)34-14-12-33(13-15-34)16-17-35/h3-11,18-19,31,35H,12-17H2,1-2H3,(H,32,36)/b28-27-. The molecule has 0 bridgehead atoms. The molecule has 1 saturated heterocycles. The molecule has 0 radical (unpaired) electrons. The topological polar surface area (TPSA) is 128 Å². The van der Waals surface area contributed by atoms with Crippen LogP contribution in [0.4, 0.5) is 11.4 Å². The molecule has 0 aliphatic carbocycles. The number of β-amino-alcohol motifs (C(OH)–C–C–N with tert-alkyl or cyclic N) is 1. The number of ether oxygens (including phenoxy) is 1. The fourth-order valence-electron chi connectivity index (χ4n) is 5.13. The molecule has 0 spiro atoms. The summed E-state index contributed by atoms with van der Waals surface area (Å²) in [6, 6.07) is 19.3. The SMILES string of the molecule is COC(=O)c1cc2c(cc1C)/C(=C(/Nc1ccc(S(=O)(=O)N3CCN(CCO)CC3)cc1)c1ccccc1)C(=O)N2. The van der Waals surface area contributed by atoms with Gasteiger partial charge in [-0.15, -0.1) is 0 Å². The van der Waals surface area contributed by atoms with Crippen LogP contribution in [-0.2, 0) is 19.6 Å². The summed E-state index contributed by atoms with van der Waals surface area (Å²) in [5.74, 6) is -0.812. The van der Waals surface area contributed by atoms with Gasteiger partial charge in [0.05, 0.1) is 41.1 Å². The van der Waals surface area contributed by atoms with Gasteiger partial charge in [0.1, 0.15) is 0 Å². The number of amides is 1. The first-order valence-corrected chi connectivity index (χ1v) is 14.7. The number of hydrogen-bond donors (Lipinski definition) is 3. The maximum absolute atomic E-state index is 13.3. The van der Waals surface area contributed by atoms with E-state index in [9.17, 15) is 18.0 Å². The zero-order valence-electron chi connectivity index (χ0n) is 22.9. The summed E-state index contributed by atoms with van der Waals surface area (Å²) in [5.41, 5.74) is 4.51. The Kier molecular flexibility index (Phi) is 8.22. The van der Waals surface area contributed by atoms with Gasteiger partial charge in [-0.2, -0.15) is 4.31 Å². The van der Waals surface area contributed by atoms with Crippen LogP contribution in [0, 0.1) is 6.92 Å². The lowest BCUT2D eigenvalue weighted by Crippen LogP contribution is -2.49. The van der Waals surface area contributed by atoms with Crippen molar-refractivity contribution in [1.82, 2.24) is 9.21 Å². The van der Waals surface area contributed by atoms with Crippen molar-refractivity contribution < 1.29 is 27.9 Å². The van der Waals surface area contributed by atoms with Crippen LogP contribution in [0.3, 0.4) is 0 Å². The number of nitrogens with one attached hydrogen (secondary N) is 2. The molecule has 3 aromatic carbocycles. The van der Waals surface area contributed by atoms with Crippen LogP contribution in [0.2, 0.25) is 0 Å². The molecule has 2 heterocycles. The van der Waals surface area contributed by atoms with E-state index in [4.69, 9.17) is 9.84 Å². The molecule has 0 atom stereocenters. The summed E-state index contributed by atoms with van der Waals surface area (Å²) in [5, 5.41) is 15.3. The molecule has 214 valence electrons. The van der Waals surface area contributed by atoms with Crippen molar-refractivity contribution in [2.75, 3.05) is 57.1 Å². The van der Waals surface area contributed by atoms with E-state index < -0.39 is 16.0 Å². The molecule has 0 unspecified atom stereocenters. The Morgan fingerprint density at radius 3 is 2.34 bits per heavy atom. The van der Waals surface area contributed by atoms with Crippen LogP contribution >= 0.6 is 0 Å². The monoisotopic (exact) mass is 576 g/mol. The largest absolute Gasteiger partial charge is 0.465 e. The number of aliphatic hydroxyl groups is 1. The first-order chi connectivity index (χ1) is 19.7. The predicted molar refractivity (Wildman–Crippen MR) is 157 cm³/mol. The second kappa shape index (κ2) is 11.8. The second-order valence-electron chi connectivity index (χ2n) is 9.89. The highest BCUT2D eigenvalue weighted by Crippen LogP contribution is 2.39. The van der Waals surface area contributed by atoms with E-state index in [2.05, 4.69) is 10.6 Å². The highest BCUT2D eigenvalue weighted by Gasteiger charge is 2.31. The Morgan fingerprint density at radius 2 is 1.71 bits per heavy atom. The Balaban J connectivity index is 1.47. The molecule has 1 fully saturated rings. The number of rotatable bonds is 8. The van der Waals surface area contributed by atoms with Crippen molar-refractivity contribution in [3.63, 3.8) is 0 Å². The molecule has 2 aliphatic heterocycles. The first-order valence-electron chi connectivity index (χ1n) is 13.3. The van der Waals surface area contributed by atoms with Crippen molar-refractivity contribution in [2.24, 2.45) is 0 Å². The van der Waals surface area contributed by atoms with E-state index in [-0.39, 0.29) is 17.4 Å². The van der Waals surface area contributed by atoms with E-state index in [0.717, 1.165) is 5.56 Å². The maximum Gasteiger partial charge on any atom is 0.338 e. The van der Waals surface area contributed by atoms with Crippen LogP contribution < -0.4 is 10.6 Å². The van der Waals surface area contributed by atoms with Gasteiger partial charge in [-0.05, 0) is 54.4 Å². The molecule has 10 nitrogen and oxygen atoms in total. The number of anilines is 2. The van der Waals surface area contributed by atoms with Crippen LogP contribution in [0.25, 0.3) is 11.3 Å². The molecule has 0 aromatic heterocycles. The van der Waals surface area contributed by atoms with Gasteiger partial charge in [0.2, 0.25) is 10.0 Å². The fraction of sp³-hybridized carbons (Fsp3) is 0.267. The van der Waals surface area contributed by atoms with E-state index in [0.29, 0.717) is 72.1 Å². The minimum Gasteiger partial charge on any atom is -0.465 e. The van der Waals surface area contributed by atoms with Crippen LogP contribution in [-0.4, -0.2) is 81.0 Å². The average Bonchev–Trinajstić information content (AvgIpc) is 3.30. The van der Waals surface area contributed by atoms with E-state index in [1.807, 2.05) is 35.2 Å². The van der Waals surface area contributed by atoms with Gasteiger partial charge in [0.15, 0.2) is 0 Å². The van der Waals surface area contributed by atoms with Gasteiger partial charge in [0, 0.05) is 44.0 Å². The lowest BCUT2D eigenvalue weighted by atomic mass is 9.96. The number of piperazine rings is 1. The van der Waals surface area contributed by atoms with Gasteiger partial charge in [-0.3, -0.25) is 9.69 Å². The molecular weight excluding hydrogens is 544 g/mol. The Labute approximate surface area is 239 Å². The van der Waals surface area contributed by atoms with Gasteiger partial charge >= 0.3 is 5.97 Å². The molecular formula is C30H32N4O6S. The number of hydrogen-bond acceptors (Lipinski definition) is 8. The summed E-state index contributed by atoms with van der Waals surface area (Å²) >= 11 is 0. The van der Waals surface area contributed by atoms with Crippen molar-refractivity contribution in [1.29, 1.82) is 0 Å². The number of aliphatic hydroxyl groups excluding tert-OH is 1. The number of esters is 1. The van der Waals surface area contributed by atoms with E-state index in [1.165, 1.54) is 11.4 Å². The van der Waals surface area contributed by atoms with E-state index in [1.54, 1.807) is 43.3 Å². The molecule has 2 aliphatic rings. The van der Waals surface area contributed by atoms with Crippen LogP contribution in [0.15, 0.2) is 71.6 Å². The highest BCUT2D eigenvalue weighted by molar-refractivity contribution is 7.89. The third-order valence-corrected chi connectivity index (χ3v) is 9.25. The first kappa shape index (κ1) is 28.5. The second-order valence-corrected chi connectivity index (χ2v) is 11.8. The zero-order chi connectivity index (χ0) is 29.1. The maximum atomic E-state index is 13.3. The third-order valence-electron chi connectivity index (χ3n) is 7.34. The third kappa shape index (κ3) is 5.75. The summed E-state index contributed by atoms with van der Waals surface area (Å²) in [6.07, 6.45) is 0. The van der Waals surface area contributed by atoms with Crippen LogP contribution in [0.5, 0.6) is 0 Å². The molecule has 3 N–H and O–H groups in total. The van der Waals surface area contributed by atoms with Crippen LogP contribution in [0.1, 0.15) is 27.0 Å². The Morgan fingerprint density at radius 1 is 1.02 bits per heavy atom. The average molecular weight is 577 g/mol. The van der Waals surface area contributed by atoms with Crippen molar-refractivity contribution >= 4 is 44.5 Å². The number of methoxy groups -OCH3 is 1. The van der Waals surface area contributed by atoms with Gasteiger partial charge < -0.3 is 20.5 Å². The van der Waals surface area contributed by atoms with Gasteiger partial charge in [-0.25, -0.2) is 13.2 Å². The molecule has 0 saturated carbocycles. The minimum atomic E-state index is -3.68. The number of carbonyl (C=O) groups excluding carboxylic acids is 2. The highest BCUT2D eigenvalue weighted by atomic mass is 32.2. The summed E-state index contributed by atoms with van der Waals surface area (Å²) < 4.78 is 32.9. The Bertz CT molecular complexity index is 1600.